The molecule has 4 heteroatoms. The monoisotopic (exact) mass is 258 g/mol. The first kappa shape index (κ1) is 11.3. The summed E-state index contributed by atoms with van der Waals surface area (Å²) in [5.74, 6) is 0.487. The molecule has 1 atom stereocenters. The lowest BCUT2D eigenvalue weighted by molar-refractivity contribution is 0.459. The maximum Gasteiger partial charge on any atom is 0.264 e. The Morgan fingerprint density at radius 1 is 1.64 bits per heavy atom. The Morgan fingerprint density at radius 3 is 2.86 bits per heavy atom. The largest absolute Gasteiger partial charge is 0.398 e. The Labute approximate surface area is 92.1 Å². The normalized spacial score (nSPS) is 12.8. The third-order valence-electron chi connectivity index (χ3n) is 2.27. The number of nitrogens with two attached hydrogens (primary N) is 1. The summed E-state index contributed by atoms with van der Waals surface area (Å²) in [6, 6.07) is 1.63. The van der Waals surface area contributed by atoms with Crippen molar-refractivity contribution in [2.24, 2.45) is 5.92 Å². The van der Waals surface area contributed by atoms with E-state index in [0.29, 0.717) is 16.1 Å². The molecule has 3 nitrogen and oxygen atoms in total. The van der Waals surface area contributed by atoms with Gasteiger partial charge in [0.25, 0.3) is 5.56 Å². The second-order valence-electron chi connectivity index (χ2n) is 3.59. The zero-order valence-corrected chi connectivity index (χ0v) is 10.0. The molecule has 0 fully saturated rings. The molecule has 0 radical (unpaired) electrons. The third kappa shape index (κ3) is 2.61. The molecule has 1 aromatic heterocycles. The van der Waals surface area contributed by atoms with E-state index in [0.717, 1.165) is 13.0 Å². The Balaban J connectivity index is 3.02. The molecular weight excluding hydrogens is 244 g/mol. The SMILES string of the molecule is CCC(C)Cn1cc(N)cc(Br)c1=O. The second-order valence-corrected chi connectivity index (χ2v) is 4.45. The van der Waals surface area contributed by atoms with Crippen LogP contribution in [0.2, 0.25) is 0 Å². The van der Waals surface area contributed by atoms with Crippen LogP contribution in [0.15, 0.2) is 21.5 Å². The van der Waals surface area contributed by atoms with Crippen molar-refractivity contribution in [2.75, 3.05) is 5.73 Å². The molecule has 0 saturated carbocycles. The van der Waals surface area contributed by atoms with Gasteiger partial charge in [-0.05, 0) is 27.9 Å². The van der Waals surface area contributed by atoms with Crippen molar-refractivity contribution in [1.82, 2.24) is 4.57 Å². The van der Waals surface area contributed by atoms with E-state index in [1.165, 1.54) is 0 Å². The maximum absolute atomic E-state index is 11.6. The molecule has 0 aliphatic heterocycles. The summed E-state index contributed by atoms with van der Waals surface area (Å²) in [5, 5.41) is 0. The minimum Gasteiger partial charge on any atom is -0.398 e. The summed E-state index contributed by atoms with van der Waals surface area (Å²) in [6.45, 7) is 4.94. The van der Waals surface area contributed by atoms with Gasteiger partial charge in [0.2, 0.25) is 0 Å². The van der Waals surface area contributed by atoms with E-state index in [1.807, 2.05) is 0 Å². The Kier molecular flexibility index (Phi) is 3.75. The van der Waals surface area contributed by atoms with Crippen LogP contribution in [0.3, 0.4) is 0 Å². The number of rotatable bonds is 3. The molecule has 0 spiro atoms. The van der Waals surface area contributed by atoms with Crippen LogP contribution >= 0.6 is 15.9 Å². The van der Waals surface area contributed by atoms with Crippen LogP contribution in [0, 0.1) is 5.92 Å². The summed E-state index contributed by atoms with van der Waals surface area (Å²) in [7, 11) is 0. The average molecular weight is 259 g/mol. The van der Waals surface area contributed by atoms with E-state index in [1.54, 1.807) is 16.8 Å². The van der Waals surface area contributed by atoms with Gasteiger partial charge in [0.05, 0.1) is 4.47 Å². The molecule has 0 bridgehead atoms. The molecule has 0 aliphatic rings. The van der Waals surface area contributed by atoms with E-state index >= 15 is 0 Å². The van der Waals surface area contributed by atoms with Crippen molar-refractivity contribution in [3.8, 4) is 0 Å². The van der Waals surface area contributed by atoms with E-state index < -0.39 is 0 Å². The molecular formula is C10H15BrN2O. The van der Waals surface area contributed by atoms with E-state index in [2.05, 4.69) is 29.8 Å². The molecule has 1 heterocycles. The molecule has 2 N–H and O–H groups in total. The lowest BCUT2D eigenvalue weighted by atomic mass is 10.1. The van der Waals surface area contributed by atoms with Crippen LogP contribution in [-0.2, 0) is 6.54 Å². The first-order valence-corrected chi connectivity index (χ1v) is 5.49. The van der Waals surface area contributed by atoms with Gasteiger partial charge in [0.15, 0.2) is 0 Å². The predicted octanol–water partition coefficient (Wildman–Crippen LogP) is 2.24. The van der Waals surface area contributed by atoms with Gasteiger partial charge >= 0.3 is 0 Å². The molecule has 14 heavy (non-hydrogen) atoms. The quantitative estimate of drug-likeness (QED) is 0.904. The number of anilines is 1. The summed E-state index contributed by atoms with van der Waals surface area (Å²) >= 11 is 3.20. The van der Waals surface area contributed by atoms with Crippen LogP contribution in [0.1, 0.15) is 20.3 Å². The van der Waals surface area contributed by atoms with E-state index in [4.69, 9.17) is 5.73 Å². The van der Waals surface area contributed by atoms with Crippen molar-refractivity contribution < 1.29 is 0 Å². The first-order chi connectivity index (χ1) is 6.54. The zero-order chi connectivity index (χ0) is 10.7. The fourth-order valence-corrected chi connectivity index (χ4v) is 1.71. The van der Waals surface area contributed by atoms with E-state index in [-0.39, 0.29) is 5.56 Å². The number of nitrogen functional groups attached to an aromatic ring is 1. The summed E-state index contributed by atoms with van der Waals surface area (Å²) in [6.07, 6.45) is 2.75. The summed E-state index contributed by atoms with van der Waals surface area (Å²) in [5.41, 5.74) is 6.25. The molecule has 1 rings (SSSR count). The van der Waals surface area contributed by atoms with Gasteiger partial charge in [0.1, 0.15) is 0 Å². The number of hydrogen-bond donors (Lipinski definition) is 1. The number of pyridine rings is 1. The Hall–Kier alpha value is -0.770. The van der Waals surface area contributed by atoms with Crippen LogP contribution in [0.25, 0.3) is 0 Å². The third-order valence-corrected chi connectivity index (χ3v) is 2.84. The standard InChI is InChI=1S/C10H15BrN2O/c1-3-7(2)5-13-6-8(12)4-9(11)10(13)14/h4,6-7H,3,5,12H2,1-2H3. The maximum atomic E-state index is 11.6. The van der Waals surface area contributed by atoms with Gasteiger partial charge < -0.3 is 10.3 Å². The van der Waals surface area contributed by atoms with Crippen molar-refractivity contribution in [2.45, 2.75) is 26.8 Å². The minimum atomic E-state index is -0.0144. The van der Waals surface area contributed by atoms with Crippen molar-refractivity contribution in [1.29, 1.82) is 0 Å². The highest BCUT2D eigenvalue weighted by molar-refractivity contribution is 9.10. The molecule has 0 aliphatic carbocycles. The highest BCUT2D eigenvalue weighted by Gasteiger charge is 2.05. The second kappa shape index (κ2) is 4.64. The van der Waals surface area contributed by atoms with Gasteiger partial charge in [-0.2, -0.15) is 0 Å². The number of halogens is 1. The zero-order valence-electron chi connectivity index (χ0n) is 8.46. The highest BCUT2D eigenvalue weighted by atomic mass is 79.9. The number of nitrogens with zero attached hydrogens (tertiary/aromatic N) is 1. The summed E-state index contributed by atoms with van der Waals surface area (Å²) in [4.78, 5) is 11.6. The fraction of sp³-hybridized carbons (Fsp3) is 0.500. The van der Waals surface area contributed by atoms with Crippen molar-refractivity contribution in [3.05, 3.63) is 27.1 Å². The summed E-state index contributed by atoms with van der Waals surface area (Å²) < 4.78 is 2.19. The van der Waals surface area contributed by atoms with Gasteiger partial charge in [-0.25, -0.2) is 0 Å². The van der Waals surface area contributed by atoms with Gasteiger partial charge in [-0.3, -0.25) is 4.79 Å². The van der Waals surface area contributed by atoms with Crippen molar-refractivity contribution in [3.63, 3.8) is 0 Å². The highest BCUT2D eigenvalue weighted by Crippen LogP contribution is 2.10. The average Bonchev–Trinajstić information content (AvgIpc) is 2.13. The van der Waals surface area contributed by atoms with E-state index in [9.17, 15) is 4.79 Å². The van der Waals surface area contributed by atoms with Gasteiger partial charge in [0, 0.05) is 18.4 Å². The topological polar surface area (TPSA) is 48.0 Å². The first-order valence-electron chi connectivity index (χ1n) is 4.70. The Morgan fingerprint density at radius 2 is 2.29 bits per heavy atom. The van der Waals surface area contributed by atoms with Crippen LogP contribution < -0.4 is 11.3 Å². The van der Waals surface area contributed by atoms with Crippen LogP contribution in [0.5, 0.6) is 0 Å². The molecule has 1 unspecified atom stereocenters. The number of hydrogen-bond acceptors (Lipinski definition) is 2. The predicted molar refractivity (Wildman–Crippen MR) is 62.3 cm³/mol. The molecule has 1 aromatic rings. The lowest BCUT2D eigenvalue weighted by Crippen LogP contribution is -2.23. The van der Waals surface area contributed by atoms with Crippen LogP contribution in [0.4, 0.5) is 5.69 Å². The van der Waals surface area contributed by atoms with Crippen LogP contribution in [-0.4, -0.2) is 4.57 Å². The van der Waals surface area contributed by atoms with Gasteiger partial charge in [-0.15, -0.1) is 0 Å². The van der Waals surface area contributed by atoms with Crippen molar-refractivity contribution >= 4 is 21.6 Å². The molecule has 0 saturated heterocycles. The number of aromatic nitrogens is 1. The molecule has 0 aromatic carbocycles. The minimum absolute atomic E-state index is 0.0144. The lowest BCUT2D eigenvalue weighted by Gasteiger charge is -2.12. The Bertz CT molecular complexity index is 373. The molecule has 78 valence electrons. The fourth-order valence-electron chi connectivity index (χ4n) is 1.22. The smallest absolute Gasteiger partial charge is 0.264 e. The molecule has 0 amide bonds. The van der Waals surface area contributed by atoms with Gasteiger partial charge in [-0.1, -0.05) is 20.3 Å².